The van der Waals surface area contributed by atoms with Crippen LogP contribution in [0, 0.1) is 0 Å². The van der Waals surface area contributed by atoms with E-state index in [9.17, 15) is 14.4 Å². The SMILES string of the molecule is NC(=O)CCCNC(=O)c1cccc(=O)[nH]1. The Bertz CT molecular complexity index is 439. The van der Waals surface area contributed by atoms with Crippen molar-refractivity contribution in [2.45, 2.75) is 12.8 Å². The monoisotopic (exact) mass is 223 g/mol. The highest BCUT2D eigenvalue weighted by Gasteiger charge is 2.04. The third kappa shape index (κ3) is 3.95. The van der Waals surface area contributed by atoms with Gasteiger partial charge < -0.3 is 16.0 Å². The van der Waals surface area contributed by atoms with Gasteiger partial charge in [0.05, 0.1) is 0 Å². The lowest BCUT2D eigenvalue weighted by molar-refractivity contribution is -0.118. The number of rotatable bonds is 5. The van der Waals surface area contributed by atoms with Crippen LogP contribution in [0.5, 0.6) is 0 Å². The number of carbonyl (C=O) groups excluding carboxylic acids is 2. The fraction of sp³-hybridized carbons (Fsp3) is 0.300. The molecule has 16 heavy (non-hydrogen) atoms. The molecule has 6 heteroatoms. The van der Waals surface area contributed by atoms with Crippen molar-refractivity contribution in [3.63, 3.8) is 0 Å². The minimum Gasteiger partial charge on any atom is -0.370 e. The lowest BCUT2D eigenvalue weighted by atomic mass is 10.3. The molecule has 0 aliphatic rings. The van der Waals surface area contributed by atoms with Crippen LogP contribution in [-0.2, 0) is 4.79 Å². The summed E-state index contributed by atoms with van der Waals surface area (Å²) in [6.07, 6.45) is 0.712. The van der Waals surface area contributed by atoms with Gasteiger partial charge in [-0.3, -0.25) is 14.4 Å². The van der Waals surface area contributed by atoms with Crippen LogP contribution in [0.15, 0.2) is 23.0 Å². The Morgan fingerprint density at radius 1 is 1.38 bits per heavy atom. The van der Waals surface area contributed by atoms with E-state index in [1.165, 1.54) is 18.2 Å². The van der Waals surface area contributed by atoms with Crippen molar-refractivity contribution in [1.29, 1.82) is 0 Å². The van der Waals surface area contributed by atoms with Crippen LogP contribution in [0.25, 0.3) is 0 Å². The molecule has 0 radical (unpaired) electrons. The lowest BCUT2D eigenvalue weighted by Crippen LogP contribution is -2.27. The van der Waals surface area contributed by atoms with E-state index < -0.39 is 5.91 Å². The molecule has 1 heterocycles. The van der Waals surface area contributed by atoms with Crippen LogP contribution in [0.4, 0.5) is 0 Å². The van der Waals surface area contributed by atoms with Crippen molar-refractivity contribution in [2.75, 3.05) is 6.54 Å². The van der Waals surface area contributed by atoms with E-state index >= 15 is 0 Å². The Hall–Kier alpha value is -2.11. The minimum absolute atomic E-state index is 0.201. The largest absolute Gasteiger partial charge is 0.370 e. The smallest absolute Gasteiger partial charge is 0.267 e. The van der Waals surface area contributed by atoms with Crippen molar-refractivity contribution in [3.8, 4) is 0 Å². The van der Waals surface area contributed by atoms with E-state index in [4.69, 9.17) is 5.73 Å². The number of pyridine rings is 1. The van der Waals surface area contributed by atoms with Gasteiger partial charge >= 0.3 is 0 Å². The zero-order chi connectivity index (χ0) is 12.0. The number of nitrogens with two attached hydrogens (primary N) is 1. The highest BCUT2D eigenvalue weighted by Crippen LogP contribution is 1.91. The van der Waals surface area contributed by atoms with Gasteiger partial charge in [0.15, 0.2) is 0 Å². The molecule has 1 aromatic rings. The van der Waals surface area contributed by atoms with Gasteiger partial charge in [-0.15, -0.1) is 0 Å². The van der Waals surface area contributed by atoms with Crippen LogP contribution in [0.2, 0.25) is 0 Å². The van der Waals surface area contributed by atoms with E-state index in [-0.39, 0.29) is 23.6 Å². The molecular weight excluding hydrogens is 210 g/mol. The Morgan fingerprint density at radius 2 is 2.12 bits per heavy atom. The van der Waals surface area contributed by atoms with Gasteiger partial charge in [0, 0.05) is 19.0 Å². The van der Waals surface area contributed by atoms with Gasteiger partial charge in [0.25, 0.3) is 5.91 Å². The van der Waals surface area contributed by atoms with E-state index in [1.54, 1.807) is 0 Å². The van der Waals surface area contributed by atoms with Crippen molar-refractivity contribution in [3.05, 3.63) is 34.2 Å². The van der Waals surface area contributed by atoms with Crippen LogP contribution in [-0.4, -0.2) is 23.3 Å². The van der Waals surface area contributed by atoms with Crippen molar-refractivity contribution in [2.24, 2.45) is 5.73 Å². The average Bonchev–Trinajstić information content (AvgIpc) is 2.24. The molecule has 0 fully saturated rings. The number of hydrogen-bond acceptors (Lipinski definition) is 3. The molecule has 0 unspecified atom stereocenters. The number of nitrogens with one attached hydrogen (secondary N) is 2. The molecule has 1 rings (SSSR count). The van der Waals surface area contributed by atoms with Crippen molar-refractivity contribution >= 4 is 11.8 Å². The van der Waals surface area contributed by atoms with Gasteiger partial charge in [0.1, 0.15) is 5.69 Å². The molecule has 0 saturated carbocycles. The predicted molar refractivity (Wildman–Crippen MR) is 57.8 cm³/mol. The molecule has 86 valence electrons. The van der Waals surface area contributed by atoms with Crippen LogP contribution in [0.3, 0.4) is 0 Å². The molecule has 6 nitrogen and oxygen atoms in total. The summed E-state index contributed by atoms with van der Waals surface area (Å²) in [6, 6.07) is 4.33. The Morgan fingerprint density at radius 3 is 2.75 bits per heavy atom. The van der Waals surface area contributed by atoms with Crippen molar-refractivity contribution < 1.29 is 9.59 Å². The second-order valence-corrected chi connectivity index (χ2v) is 3.25. The average molecular weight is 223 g/mol. The van der Waals surface area contributed by atoms with E-state index in [0.29, 0.717) is 13.0 Å². The maximum Gasteiger partial charge on any atom is 0.267 e. The number of amides is 2. The number of hydrogen-bond donors (Lipinski definition) is 3. The fourth-order valence-electron chi connectivity index (χ4n) is 1.14. The van der Waals surface area contributed by atoms with E-state index in [0.717, 1.165) is 0 Å². The number of aromatic nitrogens is 1. The summed E-state index contributed by atoms with van der Waals surface area (Å²) >= 11 is 0. The molecule has 0 spiro atoms. The lowest BCUT2D eigenvalue weighted by Gasteiger charge is -2.03. The first-order chi connectivity index (χ1) is 7.59. The molecule has 0 aromatic carbocycles. The molecular formula is C10H13N3O3. The Kier molecular flexibility index (Phi) is 4.26. The number of aromatic amines is 1. The highest BCUT2D eigenvalue weighted by atomic mass is 16.2. The second kappa shape index (κ2) is 5.69. The molecule has 0 bridgehead atoms. The minimum atomic E-state index is -0.401. The van der Waals surface area contributed by atoms with Crippen LogP contribution < -0.4 is 16.6 Å². The first kappa shape index (κ1) is 12.0. The Balaban J connectivity index is 2.41. The predicted octanol–water partition coefficient (Wildman–Crippen LogP) is -0.630. The number of H-pyrrole nitrogens is 1. The first-order valence-corrected chi connectivity index (χ1v) is 4.85. The van der Waals surface area contributed by atoms with Gasteiger partial charge in [-0.25, -0.2) is 0 Å². The Labute approximate surface area is 91.9 Å². The maximum atomic E-state index is 11.4. The topological polar surface area (TPSA) is 105 Å². The van der Waals surface area contributed by atoms with E-state index in [2.05, 4.69) is 10.3 Å². The molecule has 0 aliphatic carbocycles. The summed E-state index contributed by atoms with van der Waals surface area (Å²) in [4.78, 5) is 35.2. The molecule has 0 saturated heterocycles. The zero-order valence-electron chi connectivity index (χ0n) is 8.66. The second-order valence-electron chi connectivity index (χ2n) is 3.25. The summed E-state index contributed by atoms with van der Waals surface area (Å²) in [5, 5.41) is 2.56. The highest BCUT2D eigenvalue weighted by molar-refractivity contribution is 5.92. The third-order valence-electron chi connectivity index (χ3n) is 1.90. The molecule has 0 aliphatic heterocycles. The normalized spacial score (nSPS) is 9.75. The molecule has 0 atom stereocenters. The zero-order valence-corrected chi connectivity index (χ0v) is 8.66. The summed E-state index contributed by atoms with van der Waals surface area (Å²) < 4.78 is 0. The van der Waals surface area contributed by atoms with Gasteiger partial charge in [0.2, 0.25) is 11.5 Å². The summed E-state index contributed by atoms with van der Waals surface area (Å²) in [6.45, 7) is 0.346. The van der Waals surface area contributed by atoms with Gasteiger partial charge in [-0.05, 0) is 12.5 Å². The fourth-order valence-corrected chi connectivity index (χ4v) is 1.14. The van der Waals surface area contributed by atoms with Crippen LogP contribution in [0.1, 0.15) is 23.3 Å². The van der Waals surface area contributed by atoms with Gasteiger partial charge in [-0.2, -0.15) is 0 Å². The van der Waals surface area contributed by atoms with Crippen LogP contribution >= 0.6 is 0 Å². The molecule has 2 amide bonds. The number of primary amides is 1. The summed E-state index contributed by atoms with van der Waals surface area (Å²) in [5.74, 6) is -0.774. The molecule has 1 aromatic heterocycles. The molecule has 4 N–H and O–H groups in total. The maximum absolute atomic E-state index is 11.4. The van der Waals surface area contributed by atoms with Gasteiger partial charge in [-0.1, -0.05) is 6.07 Å². The summed E-state index contributed by atoms with van der Waals surface area (Å²) in [7, 11) is 0. The third-order valence-corrected chi connectivity index (χ3v) is 1.90. The quantitative estimate of drug-likeness (QED) is 0.579. The first-order valence-electron chi connectivity index (χ1n) is 4.85. The summed E-state index contributed by atoms with van der Waals surface area (Å²) in [5.41, 5.74) is 4.81. The number of carbonyl (C=O) groups is 2. The standard InChI is InChI=1S/C10H13N3O3/c11-8(14)4-2-6-12-10(16)7-3-1-5-9(15)13-7/h1,3,5H,2,4,6H2,(H2,11,14)(H,12,16)(H,13,15). The van der Waals surface area contributed by atoms with Crippen molar-refractivity contribution in [1.82, 2.24) is 10.3 Å². The van der Waals surface area contributed by atoms with E-state index in [1.807, 2.05) is 0 Å².